The van der Waals surface area contributed by atoms with E-state index in [-0.39, 0.29) is 16.4 Å². The van der Waals surface area contributed by atoms with Gasteiger partial charge in [-0.2, -0.15) is 0 Å². The van der Waals surface area contributed by atoms with Crippen molar-refractivity contribution in [2.24, 2.45) is 5.16 Å². The van der Waals surface area contributed by atoms with Crippen LogP contribution in [0.3, 0.4) is 0 Å². The van der Waals surface area contributed by atoms with Crippen LogP contribution in [0.4, 0.5) is 0 Å². The molecule has 2 aromatic rings. The molecule has 2 N–H and O–H groups in total. The number of aliphatic carboxylic acids is 1. The van der Waals surface area contributed by atoms with Crippen LogP contribution in [0.2, 0.25) is 0 Å². The molecule has 0 atom stereocenters. The molecular weight excluding hydrogens is 394 g/mol. The van der Waals surface area contributed by atoms with Crippen molar-refractivity contribution in [2.45, 2.75) is 58.3 Å². The number of nitrogens with zero attached hydrogens (tertiary/aromatic N) is 1. The first-order valence-corrected chi connectivity index (χ1v) is 10.3. The Morgan fingerprint density at radius 3 is 1.97 bits per heavy atom. The summed E-state index contributed by atoms with van der Waals surface area (Å²) in [6.07, 6.45) is 2.16. The molecule has 0 aliphatic heterocycles. The molecule has 6 heteroatoms. The maximum absolute atomic E-state index is 11.2. The Morgan fingerprint density at radius 2 is 1.45 bits per heavy atom. The number of benzene rings is 2. The van der Waals surface area contributed by atoms with E-state index < -0.39 is 18.5 Å². The van der Waals surface area contributed by atoms with E-state index in [1.807, 2.05) is 6.92 Å². The van der Waals surface area contributed by atoms with Gasteiger partial charge >= 0.3 is 11.9 Å². The number of oxime groups is 1. The van der Waals surface area contributed by atoms with E-state index in [1.165, 1.54) is 23.3 Å². The highest BCUT2D eigenvalue weighted by Gasteiger charge is 2.37. The van der Waals surface area contributed by atoms with Crippen molar-refractivity contribution in [3.63, 3.8) is 0 Å². The number of rotatable bonds is 6. The Labute approximate surface area is 182 Å². The van der Waals surface area contributed by atoms with Crippen molar-refractivity contribution < 1.29 is 24.6 Å². The maximum atomic E-state index is 11.2. The number of hydrogen-bond donors (Lipinski definition) is 2. The van der Waals surface area contributed by atoms with Gasteiger partial charge < -0.3 is 15.1 Å². The third kappa shape index (κ3) is 4.63. The number of aryl methyl sites for hydroxylation is 1. The normalized spacial score (nSPS) is 17.0. The van der Waals surface area contributed by atoms with Crippen LogP contribution in [0.1, 0.15) is 78.7 Å². The molecule has 1 aliphatic rings. The second kappa shape index (κ2) is 8.17. The quantitative estimate of drug-likeness (QED) is 0.509. The standard InChI is InChI=1S/C25H29NO5/c1-15-12-19-20(25(4,5)11-10-24(19,2)3)13-18(15)22(26-31-14-21(27)28)16-6-8-17(9-7-16)23(29)30/h6-9,12-13H,10-11,14H2,1-5H3,(H,27,28)(H,29,30)/b26-22-. The van der Waals surface area contributed by atoms with Gasteiger partial charge in [-0.1, -0.05) is 51.0 Å². The molecule has 2 aromatic carbocycles. The second-order valence-electron chi connectivity index (χ2n) is 9.47. The number of carboxylic acids is 2. The summed E-state index contributed by atoms with van der Waals surface area (Å²) >= 11 is 0. The number of fused-ring (bicyclic) bond motifs is 1. The van der Waals surface area contributed by atoms with E-state index in [1.54, 1.807) is 12.1 Å². The summed E-state index contributed by atoms with van der Waals surface area (Å²) in [5, 5.41) is 22.3. The molecule has 0 fully saturated rings. The molecule has 3 rings (SSSR count). The number of hydrogen-bond acceptors (Lipinski definition) is 4. The summed E-state index contributed by atoms with van der Waals surface area (Å²) in [5.41, 5.74) is 5.78. The van der Waals surface area contributed by atoms with Crippen molar-refractivity contribution in [3.8, 4) is 0 Å². The predicted octanol–water partition coefficient (Wildman–Crippen LogP) is 4.90. The molecule has 31 heavy (non-hydrogen) atoms. The Morgan fingerprint density at radius 1 is 0.935 bits per heavy atom. The van der Waals surface area contributed by atoms with Gasteiger partial charge in [0, 0.05) is 11.1 Å². The van der Waals surface area contributed by atoms with Crippen LogP contribution >= 0.6 is 0 Å². The lowest BCUT2D eigenvalue weighted by atomic mass is 9.62. The molecule has 1 aliphatic carbocycles. The lowest BCUT2D eigenvalue weighted by Gasteiger charge is -2.42. The number of carboxylic acid groups (broad SMARTS) is 2. The van der Waals surface area contributed by atoms with E-state index >= 15 is 0 Å². The van der Waals surface area contributed by atoms with Crippen LogP contribution < -0.4 is 0 Å². The van der Waals surface area contributed by atoms with Crippen LogP contribution in [-0.2, 0) is 20.5 Å². The van der Waals surface area contributed by atoms with Crippen LogP contribution in [0.5, 0.6) is 0 Å². The van der Waals surface area contributed by atoms with Crippen molar-refractivity contribution >= 4 is 17.7 Å². The molecule has 0 aromatic heterocycles. The van der Waals surface area contributed by atoms with Crippen LogP contribution in [0.15, 0.2) is 41.6 Å². The Bertz CT molecular complexity index is 1050. The SMILES string of the molecule is Cc1cc2c(cc1/C(=N\OCC(=O)O)c1ccc(C(=O)O)cc1)C(C)(C)CCC2(C)C. The zero-order valence-electron chi connectivity index (χ0n) is 18.7. The van der Waals surface area contributed by atoms with Gasteiger partial charge in [-0.3, -0.25) is 0 Å². The molecule has 0 saturated carbocycles. The van der Waals surface area contributed by atoms with Crippen LogP contribution in [0, 0.1) is 6.92 Å². The zero-order valence-corrected chi connectivity index (χ0v) is 18.7. The van der Waals surface area contributed by atoms with Crippen molar-refractivity contribution in [2.75, 3.05) is 6.61 Å². The predicted molar refractivity (Wildman–Crippen MR) is 119 cm³/mol. The molecular formula is C25H29NO5. The van der Waals surface area contributed by atoms with Gasteiger partial charge in [-0.05, 0) is 65.5 Å². The molecule has 6 nitrogen and oxygen atoms in total. The summed E-state index contributed by atoms with van der Waals surface area (Å²) in [5.74, 6) is -2.13. The molecule has 0 saturated heterocycles. The maximum Gasteiger partial charge on any atom is 0.344 e. The highest BCUT2D eigenvalue weighted by atomic mass is 16.6. The fraction of sp³-hybridized carbons (Fsp3) is 0.400. The monoisotopic (exact) mass is 423 g/mol. The van der Waals surface area contributed by atoms with Crippen molar-refractivity contribution in [1.82, 2.24) is 0 Å². The highest BCUT2D eigenvalue weighted by molar-refractivity contribution is 6.14. The minimum Gasteiger partial charge on any atom is -0.479 e. The van der Waals surface area contributed by atoms with Gasteiger partial charge in [0.1, 0.15) is 5.71 Å². The van der Waals surface area contributed by atoms with Gasteiger partial charge in [0.2, 0.25) is 6.61 Å². The number of aromatic carboxylic acids is 1. The van der Waals surface area contributed by atoms with Crippen molar-refractivity contribution in [3.05, 3.63) is 69.8 Å². The second-order valence-corrected chi connectivity index (χ2v) is 9.47. The molecule has 0 unspecified atom stereocenters. The molecule has 0 amide bonds. The topological polar surface area (TPSA) is 96.2 Å². The first kappa shape index (κ1) is 22.5. The third-order valence-electron chi connectivity index (χ3n) is 6.20. The average molecular weight is 424 g/mol. The van der Waals surface area contributed by atoms with E-state index in [2.05, 4.69) is 45.0 Å². The molecule has 0 bridgehead atoms. The van der Waals surface area contributed by atoms with Crippen molar-refractivity contribution in [1.29, 1.82) is 0 Å². The van der Waals surface area contributed by atoms with E-state index in [0.717, 1.165) is 24.0 Å². The Kier molecular flexibility index (Phi) is 5.94. The molecule has 164 valence electrons. The smallest absolute Gasteiger partial charge is 0.344 e. The Hall–Kier alpha value is -3.15. The van der Waals surface area contributed by atoms with E-state index in [0.29, 0.717) is 11.3 Å². The molecule has 0 radical (unpaired) electrons. The highest BCUT2D eigenvalue weighted by Crippen LogP contribution is 2.46. The third-order valence-corrected chi connectivity index (χ3v) is 6.20. The fourth-order valence-corrected chi connectivity index (χ4v) is 4.16. The lowest BCUT2D eigenvalue weighted by molar-refractivity contribution is -0.142. The van der Waals surface area contributed by atoms with Crippen LogP contribution in [-0.4, -0.2) is 34.5 Å². The molecule has 0 heterocycles. The van der Waals surface area contributed by atoms with Gasteiger partial charge in [0.25, 0.3) is 0 Å². The Balaban J connectivity index is 2.17. The van der Waals surface area contributed by atoms with E-state index in [9.17, 15) is 14.7 Å². The summed E-state index contributed by atoms with van der Waals surface area (Å²) in [6.45, 7) is 10.4. The van der Waals surface area contributed by atoms with Gasteiger partial charge in [-0.25, -0.2) is 9.59 Å². The first-order chi connectivity index (χ1) is 14.4. The van der Waals surface area contributed by atoms with E-state index in [4.69, 9.17) is 9.94 Å². The minimum absolute atomic E-state index is 0.00645. The first-order valence-electron chi connectivity index (χ1n) is 10.3. The largest absolute Gasteiger partial charge is 0.479 e. The summed E-state index contributed by atoms with van der Waals surface area (Å²) < 4.78 is 0. The summed E-state index contributed by atoms with van der Waals surface area (Å²) in [7, 11) is 0. The minimum atomic E-state index is -1.12. The lowest BCUT2D eigenvalue weighted by Crippen LogP contribution is -2.34. The fourth-order valence-electron chi connectivity index (χ4n) is 4.16. The number of carbonyl (C=O) groups is 2. The summed E-state index contributed by atoms with van der Waals surface area (Å²) in [4.78, 5) is 27.3. The average Bonchev–Trinajstić information content (AvgIpc) is 2.69. The van der Waals surface area contributed by atoms with Gasteiger partial charge in [0.15, 0.2) is 0 Å². The van der Waals surface area contributed by atoms with Crippen LogP contribution in [0.25, 0.3) is 0 Å². The van der Waals surface area contributed by atoms with Gasteiger partial charge in [-0.15, -0.1) is 0 Å². The molecule has 0 spiro atoms. The van der Waals surface area contributed by atoms with Gasteiger partial charge in [0.05, 0.1) is 5.56 Å². The zero-order chi connectivity index (χ0) is 23.0. The summed E-state index contributed by atoms with van der Waals surface area (Å²) in [6, 6.07) is 10.7.